The number of amides is 2. The maximum absolute atomic E-state index is 13.0. The van der Waals surface area contributed by atoms with Crippen molar-refractivity contribution in [3.63, 3.8) is 0 Å². The van der Waals surface area contributed by atoms with Gasteiger partial charge >= 0.3 is 0 Å². The second kappa shape index (κ2) is 7.02. The first-order chi connectivity index (χ1) is 13.0. The Balaban J connectivity index is 1.74. The lowest BCUT2D eigenvalue weighted by atomic mass is 9.95. The van der Waals surface area contributed by atoms with Gasteiger partial charge in [0.25, 0.3) is 11.8 Å². The number of thiophene rings is 1. The molecule has 7 heteroatoms. The molecule has 0 unspecified atom stereocenters. The minimum absolute atomic E-state index is 0.148. The van der Waals surface area contributed by atoms with Gasteiger partial charge in [-0.3, -0.25) is 9.59 Å². The molecule has 2 amide bonds. The molecule has 0 aliphatic heterocycles. The largest absolute Gasteiger partial charge is 0.355 e. The third kappa shape index (κ3) is 3.03. The van der Waals surface area contributed by atoms with Gasteiger partial charge < -0.3 is 15.2 Å². The van der Waals surface area contributed by atoms with E-state index in [1.807, 2.05) is 29.8 Å². The third-order valence-corrected chi connectivity index (χ3v) is 6.66. The summed E-state index contributed by atoms with van der Waals surface area (Å²) in [5, 5.41) is 7.76. The Morgan fingerprint density at radius 1 is 1.19 bits per heavy atom. The van der Waals surface area contributed by atoms with Crippen LogP contribution in [0.1, 0.15) is 44.1 Å². The van der Waals surface area contributed by atoms with E-state index in [2.05, 4.69) is 10.6 Å². The number of nitrogens with one attached hydrogen (secondary N) is 2. The number of aryl methyl sites for hydroxylation is 2. The molecule has 5 nitrogen and oxygen atoms in total. The fraction of sp³-hybridized carbons (Fsp3) is 0.300. The van der Waals surface area contributed by atoms with Gasteiger partial charge in [0.15, 0.2) is 0 Å². The van der Waals surface area contributed by atoms with Crippen LogP contribution in [-0.4, -0.2) is 23.4 Å². The summed E-state index contributed by atoms with van der Waals surface area (Å²) < 4.78 is 1.82. The minimum Gasteiger partial charge on any atom is -0.355 e. The van der Waals surface area contributed by atoms with Gasteiger partial charge in [-0.05, 0) is 49.4 Å². The first kappa shape index (κ1) is 18.1. The lowest BCUT2D eigenvalue weighted by Crippen LogP contribution is -2.22. The van der Waals surface area contributed by atoms with Crippen LogP contribution in [0.15, 0.2) is 24.3 Å². The van der Waals surface area contributed by atoms with Crippen molar-refractivity contribution in [2.75, 3.05) is 12.4 Å². The molecule has 1 aliphatic rings. The van der Waals surface area contributed by atoms with Gasteiger partial charge in [0.1, 0.15) is 10.7 Å². The second-order valence-electron chi connectivity index (χ2n) is 6.71. The number of hydrogen-bond donors (Lipinski definition) is 2. The molecule has 1 aromatic carbocycles. The zero-order valence-electron chi connectivity index (χ0n) is 15.2. The summed E-state index contributed by atoms with van der Waals surface area (Å²) in [5.74, 6) is -0.390. The van der Waals surface area contributed by atoms with E-state index in [1.165, 1.54) is 16.2 Å². The van der Waals surface area contributed by atoms with Crippen LogP contribution in [0.25, 0.3) is 10.9 Å². The van der Waals surface area contributed by atoms with Crippen LogP contribution in [0.3, 0.4) is 0 Å². The van der Waals surface area contributed by atoms with E-state index in [0.717, 1.165) is 42.1 Å². The van der Waals surface area contributed by atoms with E-state index >= 15 is 0 Å². The molecule has 0 saturated heterocycles. The second-order valence-corrected chi connectivity index (χ2v) is 8.22. The number of nitrogens with zero attached hydrogens (tertiary/aromatic N) is 1. The van der Waals surface area contributed by atoms with E-state index in [-0.39, 0.29) is 11.8 Å². The van der Waals surface area contributed by atoms with Crippen molar-refractivity contribution in [3.8, 4) is 0 Å². The highest BCUT2D eigenvalue weighted by atomic mass is 35.5. The number of hydrogen-bond acceptors (Lipinski definition) is 3. The molecule has 140 valence electrons. The average Bonchev–Trinajstić information content (AvgIpc) is 3.20. The maximum atomic E-state index is 13.0. The summed E-state index contributed by atoms with van der Waals surface area (Å²) in [4.78, 5) is 26.7. The van der Waals surface area contributed by atoms with Crippen molar-refractivity contribution in [1.82, 2.24) is 9.88 Å². The van der Waals surface area contributed by atoms with Gasteiger partial charge in [-0.15, -0.1) is 11.3 Å². The number of carbonyl (C=O) groups excluding carboxylic acids is 2. The van der Waals surface area contributed by atoms with Crippen molar-refractivity contribution in [2.45, 2.75) is 25.7 Å². The predicted molar refractivity (Wildman–Crippen MR) is 110 cm³/mol. The van der Waals surface area contributed by atoms with Gasteiger partial charge in [-0.25, -0.2) is 0 Å². The molecule has 0 radical (unpaired) electrons. The average molecular weight is 402 g/mol. The summed E-state index contributed by atoms with van der Waals surface area (Å²) in [6, 6.07) is 7.39. The molecule has 2 heterocycles. The Kier molecular flexibility index (Phi) is 4.70. The highest BCUT2D eigenvalue weighted by Gasteiger charge is 2.26. The highest BCUT2D eigenvalue weighted by Crippen LogP contribution is 2.38. The number of fused-ring (bicyclic) bond motifs is 2. The van der Waals surface area contributed by atoms with Crippen LogP contribution in [0.5, 0.6) is 0 Å². The van der Waals surface area contributed by atoms with E-state index in [1.54, 1.807) is 13.1 Å². The van der Waals surface area contributed by atoms with Gasteiger partial charge in [0.05, 0.1) is 5.56 Å². The molecule has 4 rings (SSSR count). The van der Waals surface area contributed by atoms with Gasteiger partial charge in [-0.1, -0.05) is 17.7 Å². The molecule has 3 aromatic rings. The van der Waals surface area contributed by atoms with Gasteiger partial charge in [0, 0.05) is 34.9 Å². The molecule has 27 heavy (non-hydrogen) atoms. The van der Waals surface area contributed by atoms with Crippen LogP contribution in [0.4, 0.5) is 5.00 Å². The molecule has 0 spiro atoms. The van der Waals surface area contributed by atoms with Crippen LogP contribution >= 0.6 is 22.9 Å². The van der Waals surface area contributed by atoms with Crippen molar-refractivity contribution < 1.29 is 9.59 Å². The molecular formula is C20H20ClN3O2S. The fourth-order valence-electron chi connectivity index (χ4n) is 3.73. The number of benzene rings is 1. The van der Waals surface area contributed by atoms with E-state index in [9.17, 15) is 9.59 Å². The monoisotopic (exact) mass is 401 g/mol. The molecule has 0 fully saturated rings. The van der Waals surface area contributed by atoms with Crippen LogP contribution in [0, 0.1) is 0 Å². The quantitative estimate of drug-likeness (QED) is 0.683. The highest BCUT2D eigenvalue weighted by molar-refractivity contribution is 7.17. The Labute approximate surface area is 166 Å². The number of aromatic nitrogens is 1. The first-order valence-electron chi connectivity index (χ1n) is 8.93. The molecule has 2 aromatic heterocycles. The van der Waals surface area contributed by atoms with E-state index in [0.29, 0.717) is 21.3 Å². The summed E-state index contributed by atoms with van der Waals surface area (Å²) in [7, 11) is 3.46. The SMILES string of the molecule is CNC(=O)c1c(NC(=O)c2cc3c(Cl)cccc3n2C)sc2c1CCCC2. The van der Waals surface area contributed by atoms with E-state index < -0.39 is 0 Å². The third-order valence-electron chi connectivity index (χ3n) is 5.12. The molecule has 0 atom stereocenters. The minimum atomic E-state index is -0.242. The zero-order valence-corrected chi connectivity index (χ0v) is 16.8. The topological polar surface area (TPSA) is 63.1 Å². The standard InChI is InChI=1S/C20H20ClN3O2S/c1-22-19(26)17-11-6-3-4-9-16(11)27-20(17)23-18(25)15-10-12-13(21)7-5-8-14(12)24(15)2/h5,7-8,10H,3-4,6,9H2,1-2H3,(H,22,26)(H,23,25). The van der Waals surface area contributed by atoms with Crippen LogP contribution in [-0.2, 0) is 19.9 Å². The summed E-state index contributed by atoms with van der Waals surface area (Å²) in [6.45, 7) is 0. The Morgan fingerprint density at radius 2 is 1.96 bits per heavy atom. The molecule has 2 N–H and O–H groups in total. The van der Waals surface area contributed by atoms with Gasteiger partial charge in [0.2, 0.25) is 0 Å². The first-order valence-corrected chi connectivity index (χ1v) is 10.1. The van der Waals surface area contributed by atoms with Crippen molar-refractivity contribution in [2.24, 2.45) is 7.05 Å². The van der Waals surface area contributed by atoms with Gasteiger partial charge in [-0.2, -0.15) is 0 Å². The van der Waals surface area contributed by atoms with Crippen molar-refractivity contribution in [3.05, 3.63) is 51.0 Å². The Hall–Kier alpha value is -2.31. The summed E-state index contributed by atoms with van der Waals surface area (Å²) >= 11 is 7.78. The fourth-order valence-corrected chi connectivity index (χ4v) is 5.23. The molecule has 1 aliphatic carbocycles. The van der Waals surface area contributed by atoms with Crippen LogP contribution in [0.2, 0.25) is 5.02 Å². The van der Waals surface area contributed by atoms with Crippen LogP contribution < -0.4 is 10.6 Å². The zero-order chi connectivity index (χ0) is 19.1. The summed E-state index contributed by atoms with van der Waals surface area (Å²) in [6.07, 6.45) is 4.04. The Bertz CT molecular complexity index is 1070. The normalized spacial score (nSPS) is 13.4. The maximum Gasteiger partial charge on any atom is 0.272 e. The number of carbonyl (C=O) groups is 2. The number of halogens is 1. The van der Waals surface area contributed by atoms with Crippen molar-refractivity contribution >= 4 is 50.7 Å². The molecular weight excluding hydrogens is 382 g/mol. The number of rotatable bonds is 3. The smallest absolute Gasteiger partial charge is 0.272 e. The van der Waals surface area contributed by atoms with Crippen molar-refractivity contribution in [1.29, 1.82) is 0 Å². The predicted octanol–water partition coefficient (Wildman–Crippen LogP) is 4.38. The summed E-state index contributed by atoms with van der Waals surface area (Å²) in [5.41, 5.74) is 3.10. The lowest BCUT2D eigenvalue weighted by molar-refractivity contribution is 0.0963. The Morgan fingerprint density at radius 3 is 2.70 bits per heavy atom. The number of anilines is 1. The lowest BCUT2D eigenvalue weighted by Gasteiger charge is -2.12. The molecule has 0 saturated carbocycles. The molecule has 0 bridgehead atoms. The van der Waals surface area contributed by atoms with E-state index in [4.69, 9.17) is 11.6 Å².